The van der Waals surface area contributed by atoms with Gasteiger partial charge in [-0.05, 0) is 24.3 Å². The molecule has 0 amide bonds. The van der Waals surface area contributed by atoms with Gasteiger partial charge in [0.15, 0.2) is 5.17 Å². The van der Waals surface area contributed by atoms with Crippen LogP contribution in [0.4, 0.5) is 5.69 Å². The van der Waals surface area contributed by atoms with Crippen molar-refractivity contribution in [3.8, 4) is 0 Å². The maximum absolute atomic E-state index is 5.85. The zero-order valence-corrected chi connectivity index (χ0v) is 9.92. The number of amidine groups is 1. The van der Waals surface area contributed by atoms with Crippen LogP contribution in [0.3, 0.4) is 0 Å². The van der Waals surface area contributed by atoms with Crippen LogP contribution >= 0.6 is 11.8 Å². The van der Waals surface area contributed by atoms with E-state index in [1.807, 2.05) is 38.1 Å². The molecule has 1 unspecified atom stereocenters. The van der Waals surface area contributed by atoms with Crippen LogP contribution in [0.2, 0.25) is 0 Å². The van der Waals surface area contributed by atoms with Gasteiger partial charge in [-0.2, -0.15) is 0 Å². The summed E-state index contributed by atoms with van der Waals surface area (Å²) >= 11 is 1.53. The molecular formula is C11H17N3S. The van der Waals surface area contributed by atoms with Crippen LogP contribution < -0.4 is 11.5 Å². The van der Waals surface area contributed by atoms with Crippen molar-refractivity contribution >= 4 is 22.6 Å². The largest absolute Gasteiger partial charge is 0.378 e. The van der Waals surface area contributed by atoms with Crippen molar-refractivity contribution in [1.82, 2.24) is 0 Å². The van der Waals surface area contributed by atoms with E-state index in [0.29, 0.717) is 5.17 Å². The number of benzene rings is 1. The number of hydrogen-bond donors (Lipinski definition) is 2. The molecule has 1 aromatic rings. The highest BCUT2D eigenvalue weighted by molar-refractivity contribution is 8.13. The smallest absolute Gasteiger partial charge is 0.159 e. The maximum atomic E-state index is 5.85. The third kappa shape index (κ3) is 3.57. The SMILES string of the molecule is CCSC(N)=Nc1ccccc1C(C)N. The van der Waals surface area contributed by atoms with Crippen molar-refractivity contribution in [2.75, 3.05) is 5.75 Å². The van der Waals surface area contributed by atoms with E-state index in [1.54, 1.807) is 0 Å². The third-order valence-electron chi connectivity index (χ3n) is 1.95. The Balaban J connectivity index is 2.98. The van der Waals surface area contributed by atoms with Crippen LogP contribution in [-0.4, -0.2) is 10.9 Å². The molecule has 4 heteroatoms. The van der Waals surface area contributed by atoms with Crippen molar-refractivity contribution < 1.29 is 0 Å². The van der Waals surface area contributed by atoms with E-state index in [1.165, 1.54) is 11.8 Å². The average Bonchev–Trinajstić information content (AvgIpc) is 2.18. The molecule has 0 aromatic heterocycles. The predicted octanol–water partition coefficient (Wildman–Crippen LogP) is 2.41. The second-order valence-electron chi connectivity index (χ2n) is 3.23. The van der Waals surface area contributed by atoms with E-state index in [0.717, 1.165) is 17.0 Å². The van der Waals surface area contributed by atoms with Gasteiger partial charge in [0.2, 0.25) is 0 Å². The van der Waals surface area contributed by atoms with Gasteiger partial charge in [0.25, 0.3) is 0 Å². The lowest BCUT2D eigenvalue weighted by Crippen LogP contribution is -2.08. The molecule has 1 atom stereocenters. The summed E-state index contributed by atoms with van der Waals surface area (Å²) < 4.78 is 0. The second-order valence-corrected chi connectivity index (χ2v) is 4.51. The molecular weight excluding hydrogens is 206 g/mol. The first-order chi connectivity index (χ1) is 7.15. The van der Waals surface area contributed by atoms with Gasteiger partial charge < -0.3 is 11.5 Å². The molecule has 0 fully saturated rings. The van der Waals surface area contributed by atoms with Gasteiger partial charge in [-0.3, -0.25) is 0 Å². The van der Waals surface area contributed by atoms with Gasteiger partial charge in [0.1, 0.15) is 0 Å². The fourth-order valence-electron chi connectivity index (χ4n) is 1.27. The van der Waals surface area contributed by atoms with E-state index in [-0.39, 0.29) is 6.04 Å². The Bertz CT molecular complexity index is 347. The van der Waals surface area contributed by atoms with Crippen LogP contribution in [0.15, 0.2) is 29.3 Å². The highest BCUT2D eigenvalue weighted by Crippen LogP contribution is 2.24. The lowest BCUT2D eigenvalue weighted by atomic mass is 10.1. The highest BCUT2D eigenvalue weighted by atomic mass is 32.2. The lowest BCUT2D eigenvalue weighted by molar-refractivity contribution is 0.819. The zero-order valence-electron chi connectivity index (χ0n) is 9.10. The molecule has 0 heterocycles. The van der Waals surface area contributed by atoms with E-state index >= 15 is 0 Å². The summed E-state index contributed by atoms with van der Waals surface area (Å²) in [5.41, 5.74) is 13.5. The quantitative estimate of drug-likeness (QED) is 0.611. The molecule has 0 saturated carbocycles. The van der Waals surface area contributed by atoms with Crippen LogP contribution in [-0.2, 0) is 0 Å². The minimum atomic E-state index is -0.0237. The van der Waals surface area contributed by atoms with Crippen molar-refractivity contribution in [2.24, 2.45) is 16.5 Å². The number of thioether (sulfide) groups is 1. The van der Waals surface area contributed by atoms with Gasteiger partial charge in [-0.25, -0.2) is 4.99 Å². The molecule has 3 nitrogen and oxygen atoms in total. The molecule has 4 N–H and O–H groups in total. The third-order valence-corrected chi connectivity index (χ3v) is 2.63. The molecule has 0 bridgehead atoms. The lowest BCUT2D eigenvalue weighted by Gasteiger charge is -2.09. The van der Waals surface area contributed by atoms with E-state index in [4.69, 9.17) is 11.5 Å². The van der Waals surface area contributed by atoms with E-state index < -0.39 is 0 Å². The standard InChI is InChI=1S/C11H17N3S/c1-3-15-11(13)14-10-7-5-4-6-9(10)8(2)12/h4-8H,3,12H2,1-2H3,(H2,13,14). The predicted molar refractivity (Wildman–Crippen MR) is 68.5 cm³/mol. The monoisotopic (exact) mass is 223 g/mol. The molecule has 82 valence electrons. The minimum Gasteiger partial charge on any atom is -0.378 e. The highest BCUT2D eigenvalue weighted by Gasteiger charge is 2.05. The Kier molecular flexibility index (Phi) is 4.65. The average molecular weight is 223 g/mol. The molecule has 1 rings (SSSR count). The topological polar surface area (TPSA) is 64.4 Å². The van der Waals surface area contributed by atoms with Gasteiger partial charge >= 0.3 is 0 Å². The van der Waals surface area contributed by atoms with Crippen LogP contribution in [0.1, 0.15) is 25.5 Å². The summed E-state index contributed by atoms with van der Waals surface area (Å²) in [4.78, 5) is 4.35. The fraction of sp³-hybridized carbons (Fsp3) is 0.364. The maximum Gasteiger partial charge on any atom is 0.159 e. The molecule has 0 aliphatic heterocycles. The molecule has 0 saturated heterocycles. The first-order valence-electron chi connectivity index (χ1n) is 4.96. The van der Waals surface area contributed by atoms with E-state index in [2.05, 4.69) is 4.99 Å². The minimum absolute atomic E-state index is 0.0237. The van der Waals surface area contributed by atoms with Crippen LogP contribution in [0.25, 0.3) is 0 Å². The van der Waals surface area contributed by atoms with E-state index in [9.17, 15) is 0 Å². The summed E-state index contributed by atoms with van der Waals surface area (Å²) in [6.45, 7) is 3.99. The number of hydrogen-bond acceptors (Lipinski definition) is 3. The molecule has 0 aliphatic rings. The number of nitrogens with two attached hydrogens (primary N) is 2. The molecule has 0 spiro atoms. The Morgan fingerprint density at radius 3 is 2.73 bits per heavy atom. The Morgan fingerprint density at radius 1 is 1.47 bits per heavy atom. The molecule has 0 radical (unpaired) electrons. The van der Waals surface area contributed by atoms with Crippen LogP contribution in [0.5, 0.6) is 0 Å². The van der Waals surface area contributed by atoms with Crippen molar-refractivity contribution in [2.45, 2.75) is 19.9 Å². The first kappa shape index (κ1) is 12.1. The molecule has 15 heavy (non-hydrogen) atoms. The summed E-state index contributed by atoms with van der Waals surface area (Å²) in [5, 5.41) is 0.589. The van der Waals surface area contributed by atoms with Crippen molar-refractivity contribution in [3.05, 3.63) is 29.8 Å². The molecule has 0 aliphatic carbocycles. The van der Waals surface area contributed by atoms with Gasteiger partial charge in [-0.15, -0.1) is 0 Å². The Labute approximate surface area is 95.0 Å². The fourth-order valence-corrected chi connectivity index (χ4v) is 1.73. The number of nitrogens with zero attached hydrogens (tertiary/aromatic N) is 1. The Hall–Kier alpha value is -1.00. The van der Waals surface area contributed by atoms with Gasteiger partial charge in [0, 0.05) is 6.04 Å². The van der Waals surface area contributed by atoms with Gasteiger partial charge in [-0.1, -0.05) is 36.9 Å². The van der Waals surface area contributed by atoms with Crippen molar-refractivity contribution in [3.63, 3.8) is 0 Å². The van der Waals surface area contributed by atoms with Gasteiger partial charge in [0.05, 0.1) is 5.69 Å². The summed E-state index contributed by atoms with van der Waals surface area (Å²) in [5.74, 6) is 0.926. The zero-order chi connectivity index (χ0) is 11.3. The van der Waals surface area contributed by atoms with Crippen molar-refractivity contribution in [1.29, 1.82) is 0 Å². The number of rotatable bonds is 3. The normalized spacial score (nSPS) is 13.9. The number of para-hydroxylation sites is 1. The summed E-state index contributed by atoms with van der Waals surface area (Å²) in [6.07, 6.45) is 0. The first-order valence-corrected chi connectivity index (χ1v) is 5.95. The Morgan fingerprint density at radius 2 is 2.13 bits per heavy atom. The van der Waals surface area contributed by atoms with Crippen LogP contribution in [0, 0.1) is 0 Å². The number of aliphatic imine (C=N–C) groups is 1. The second kappa shape index (κ2) is 5.78. The molecule has 1 aromatic carbocycles. The summed E-state index contributed by atoms with van der Waals surface area (Å²) in [7, 11) is 0. The summed E-state index contributed by atoms with van der Waals surface area (Å²) in [6, 6.07) is 7.79.